The highest BCUT2D eigenvalue weighted by atomic mass is 32.2. The maximum Gasteiger partial charge on any atom is 0.330 e. The molecule has 0 bridgehead atoms. The molecule has 4 aromatic carbocycles. The lowest BCUT2D eigenvalue weighted by Crippen LogP contribution is -2.30. The van der Waals surface area contributed by atoms with Gasteiger partial charge in [-0.1, -0.05) is 54.7 Å². The smallest absolute Gasteiger partial charge is 0.330 e. The standard InChI is InChI=1S/C31H28O6S/c1-2-31(32)37-28(21-33-24-9-5-3-6-10-24)22-34-26-13-17-29(18-14-26)38-30-19-15-27(16-20-30)36-23-35-25-11-7-4-8-12-25/h2-20,28H,1,21-23H2. The molecule has 4 rings (SSSR count). The van der Waals surface area contributed by atoms with Crippen molar-refractivity contribution in [1.82, 2.24) is 0 Å². The number of hydrogen-bond donors (Lipinski definition) is 0. The van der Waals surface area contributed by atoms with Crippen molar-refractivity contribution >= 4 is 17.7 Å². The van der Waals surface area contributed by atoms with Crippen molar-refractivity contribution in [2.24, 2.45) is 0 Å². The van der Waals surface area contributed by atoms with Gasteiger partial charge in [0.05, 0.1) is 0 Å². The summed E-state index contributed by atoms with van der Waals surface area (Å²) in [4.78, 5) is 13.9. The predicted molar refractivity (Wildman–Crippen MR) is 147 cm³/mol. The third kappa shape index (κ3) is 8.94. The van der Waals surface area contributed by atoms with Crippen molar-refractivity contribution in [3.8, 4) is 23.0 Å². The zero-order valence-electron chi connectivity index (χ0n) is 20.7. The molecule has 0 N–H and O–H groups in total. The van der Waals surface area contributed by atoms with E-state index in [0.717, 1.165) is 27.4 Å². The van der Waals surface area contributed by atoms with E-state index in [1.54, 1.807) is 11.8 Å². The molecule has 38 heavy (non-hydrogen) atoms. The van der Waals surface area contributed by atoms with E-state index < -0.39 is 12.1 Å². The van der Waals surface area contributed by atoms with Crippen LogP contribution in [0.1, 0.15) is 0 Å². The van der Waals surface area contributed by atoms with E-state index >= 15 is 0 Å². The molecule has 0 fully saturated rings. The Bertz CT molecular complexity index is 1260. The molecule has 0 radical (unpaired) electrons. The number of rotatable bonds is 14. The number of carbonyl (C=O) groups excluding carboxylic acids is 1. The molecule has 0 aliphatic heterocycles. The first-order valence-electron chi connectivity index (χ1n) is 12.0. The van der Waals surface area contributed by atoms with Crippen LogP contribution in [0.25, 0.3) is 0 Å². The zero-order chi connectivity index (χ0) is 26.4. The third-order valence-corrected chi connectivity index (χ3v) is 6.16. The van der Waals surface area contributed by atoms with Crippen LogP contribution in [0.2, 0.25) is 0 Å². The van der Waals surface area contributed by atoms with Crippen LogP contribution in [0.4, 0.5) is 0 Å². The van der Waals surface area contributed by atoms with Crippen LogP contribution in [0.5, 0.6) is 23.0 Å². The number of benzene rings is 4. The molecule has 194 valence electrons. The molecule has 1 atom stereocenters. The lowest BCUT2D eigenvalue weighted by atomic mass is 10.3. The molecular formula is C31H28O6S. The maximum atomic E-state index is 11.7. The molecule has 7 heteroatoms. The first-order chi connectivity index (χ1) is 18.7. The Hall–Kier alpha value is -4.36. The van der Waals surface area contributed by atoms with Crippen LogP contribution in [0.15, 0.2) is 132 Å². The Kier molecular flexibility index (Phi) is 10.1. The maximum absolute atomic E-state index is 11.7. The summed E-state index contributed by atoms with van der Waals surface area (Å²) < 4.78 is 28.2. The second kappa shape index (κ2) is 14.4. The minimum atomic E-state index is -0.589. The van der Waals surface area contributed by atoms with Gasteiger partial charge in [-0.15, -0.1) is 0 Å². The van der Waals surface area contributed by atoms with Crippen LogP contribution >= 0.6 is 11.8 Å². The van der Waals surface area contributed by atoms with Gasteiger partial charge in [0.25, 0.3) is 0 Å². The Morgan fingerprint density at radius 1 is 0.632 bits per heavy atom. The fraction of sp³-hybridized carbons (Fsp3) is 0.129. The van der Waals surface area contributed by atoms with Crippen LogP contribution in [-0.4, -0.2) is 32.1 Å². The molecule has 0 saturated heterocycles. The van der Waals surface area contributed by atoms with Crippen molar-refractivity contribution in [3.63, 3.8) is 0 Å². The van der Waals surface area contributed by atoms with E-state index in [4.69, 9.17) is 23.7 Å². The van der Waals surface area contributed by atoms with Gasteiger partial charge in [-0.25, -0.2) is 4.79 Å². The lowest BCUT2D eigenvalue weighted by molar-refractivity contribution is -0.146. The zero-order valence-corrected chi connectivity index (χ0v) is 21.5. The van der Waals surface area contributed by atoms with Crippen molar-refractivity contribution in [2.75, 3.05) is 20.0 Å². The minimum absolute atomic E-state index is 0.143. The van der Waals surface area contributed by atoms with Gasteiger partial charge >= 0.3 is 5.97 Å². The Balaban J connectivity index is 1.24. The van der Waals surface area contributed by atoms with Gasteiger partial charge < -0.3 is 23.7 Å². The van der Waals surface area contributed by atoms with Crippen molar-refractivity contribution in [3.05, 3.63) is 122 Å². The molecule has 0 amide bonds. The van der Waals surface area contributed by atoms with Crippen LogP contribution in [0, 0.1) is 0 Å². The van der Waals surface area contributed by atoms with Crippen molar-refractivity contribution in [2.45, 2.75) is 15.9 Å². The Morgan fingerprint density at radius 2 is 1.05 bits per heavy atom. The topological polar surface area (TPSA) is 63.2 Å². The van der Waals surface area contributed by atoms with Gasteiger partial charge in [0.1, 0.15) is 36.2 Å². The largest absolute Gasteiger partial charge is 0.490 e. The minimum Gasteiger partial charge on any atom is -0.490 e. The quantitative estimate of drug-likeness (QED) is 0.101. The van der Waals surface area contributed by atoms with Gasteiger partial charge in [-0.2, -0.15) is 0 Å². The fourth-order valence-electron chi connectivity index (χ4n) is 3.25. The van der Waals surface area contributed by atoms with E-state index in [9.17, 15) is 4.79 Å². The average Bonchev–Trinajstić information content (AvgIpc) is 2.97. The van der Waals surface area contributed by atoms with Gasteiger partial charge in [-0.3, -0.25) is 0 Å². The summed E-state index contributed by atoms with van der Waals surface area (Å²) in [6, 6.07) is 34.4. The molecule has 0 aliphatic carbocycles. The first-order valence-corrected chi connectivity index (χ1v) is 12.8. The van der Waals surface area contributed by atoms with Crippen molar-refractivity contribution in [1.29, 1.82) is 0 Å². The van der Waals surface area contributed by atoms with Crippen molar-refractivity contribution < 1.29 is 28.5 Å². The third-order valence-electron chi connectivity index (χ3n) is 5.14. The lowest BCUT2D eigenvalue weighted by Gasteiger charge is -2.18. The summed E-state index contributed by atoms with van der Waals surface area (Å²) in [6.07, 6.45) is 0.534. The molecule has 0 saturated carbocycles. The van der Waals surface area contributed by atoms with E-state index in [2.05, 4.69) is 6.58 Å². The molecule has 0 heterocycles. The van der Waals surface area contributed by atoms with E-state index in [1.165, 1.54) is 0 Å². The number of esters is 1. The van der Waals surface area contributed by atoms with E-state index in [0.29, 0.717) is 11.5 Å². The molecule has 6 nitrogen and oxygen atoms in total. The summed E-state index contributed by atoms with van der Waals surface area (Å²) in [5.74, 6) is 2.32. The highest BCUT2D eigenvalue weighted by Crippen LogP contribution is 2.30. The monoisotopic (exact) mass is 528 g/mol. The highest BCUT2D eigenvalue weighted by molar-refractivity contribution is 7.99. The first kappa shape index (κ1) is 26.7. The summed E-state index contributed by atoms with van der Waals surface area (Å²) >= 11 is 1.62. The number of ether oxygens (including phenoxy) is 5. The van der Waals surface area contributed by atoms with Gasteiger partial charge in [-0.05, 0) is 72.8 Å². The molecule has 1 unspecified atom stereocenters. The predicted octanol–water partition coefficient (Wildman–Crippen LogP) is 6.81. The van der Waals surface area contributed by atoms with E-state index in [1.807, 2.05) is 109 Å². The summed E-state index contributed by atoms with van der Waals surface area (Å²) in [6.45, 7) is 3.90. The SMILES string of the molecule is C=CC(=O)OC(COc1ccccc1)COc1ccc(Sc2ccc(OCOc3ccccc3)cc2)cc1. The summed E-state index contributed by atoms with van der Waals surface area (Å²) in [5, 5.41) is 0. The molecule has 0 aliphatic rings. The number of hydrogen-bond acceptors (Lipinski definition) is 7. The molecule has 4 aromatic rings. The second-order valence-corrected chi connectivity index (χ2v) is 9.11. The van der Waals surface area contributed by atoms with Crippen LogP contribution < -0.4 is 18.9 Å². The average molecular weight is 529 g/mol. The number of carbonyl (C=O) groups is 1. The summed E-state index contributed by atoms with van der Waals surface area (Å²) in [7, 11) is 0. The fourth-order valence-corrected chi connectivity index (χ4v) is 4.07. The van der Waals surface area contributed by atoms with Crippen LogP contribution in [-0.2, 0) is 9.53 Å². The normalized spacial score (nSPS) is 11.2. The van der Waals surface area contributed by atoms with Gasteiger partial charge in [0.15, 0.2) is 6.10 Å². The summed E-state index contributed by atoms with van der Waals surface area (Å²) in [5.41, 5.74) is 0. The second-order valence-electron chi connectivity index (χ2n) is 7.96. The molecule has 0 spiro atoms. The highest BCUT2D eigenvalue weighted by Gasteiger charge is 2.15. The van der Waals surface area contributed by atoms with Crippen LogP contribution in [0.3, 0.4) is 0 Å². The van der Waals surface area contributed by atoms with E-state index in [-0.39, 0.29) is 20.0 Å². The van der Waals surface area contributed by atoms with Gasteiger partial charge in [0, 0.05) is 15.9 Å². The number of para-hydroxylation sites is 2. The molecule has 0 aromatic heterocycles. The van der Waals surface area contributed by atoms with Gasteiger partial charge in [0.2, 0.25) is 6.79 Å². The molecular weight excluding hydrogens is 500 g/mol. The Morgan fingerprint density at radius 3 is 1.53 bits per heavy atom. The Labute approximate surface area is 226 Å².